The molecule has 1 aromatic carbocycles. The van der Waals surface area contributed by atoms with Crippen molar-refractivity contribution in [2.24, 2.45) is 11.1 Å². The fourth-order valence-corrected chi connectivity index (χ4v) is 1.22. The molecule has 16 heavy (non-hydrogen) atoms. The summed E-state index contributed by atoms with van der Waals surface area (Å²) in [7, 11) is 0. The third kappa shape index (κ3) is 3.22. The summed E-state index contributed by atoms with van der Waals surface area (Å²) in [5.74, 6) is 0.532. The minimum absolute atomic E-state index is 0.332. The van der Waals surface area contributed by atoms with Crippen LogP contribution in [0.3, 0.4) is 0 Å². The Kier molecular flexibility index (Phi) is 4.28. The molecule has 0 aliphatic rings. The van der Waals surface area contributed by atoms with Gasteiger partial charge in [-0.15, -0.1) is 0 Å². The first kappa shape index (κ1) is 12.5. The maximum absolute atomic E-state index is 13.1. The first-order chi connectivity index (χ1) is 7.54. The fourth-order valence-electron chi connectivity index (χ4n) is 1.22. The Morgan fingerprint density at radius 3 is 2.75 bits per heavy atom. The zero-order chi connectivity index (χ0) is 12.1. The van der Waals surface area contributed by atoms with Gasteiger partial charge in [-0.3, -0.25) is 0 Å². The largest absolute Gasteiger partial charge is 0.493 e. The molecule has 0 unspecified atom stereocenters. The number of hydrogen-bond acceptors (Lipinski definition) is 3. The molecule has 0 bridgehead atoms. The van der Waals surface area contributed by atoms with Gasteiger partial charge in [0.05, 0.1) is 12.3 Å². The van der Waals surface area contributed by atoms with Crippen molar-refractivity contribution in [3.63, 3.8) is 0 Å². The van der Waals surface area contributed by atoms with Crippen LogP contribution in [0.5, 0.6) is 5.75 Å². The van der Waals surface area contributed by atoms with Crippen LogP contribution in [0.25, 0.3) is 0 Å². The molecule has 0 aliphatic carbocycles. The summed E-state index contributed by atoms with van der Waals surface area (Å²) in [5.41, 5.74) is 0.807. The van der Waals surface area contributed by atoms with Crippen LogP contribution in [0.4, 0.5) is 4.39 Å². The second-order valence-corrected chi connectivity index (χ2v) is 4.03. The first-order valence-electron chi connectivity index (χ1n) is 5.16. The van der Waals surface area contributed by atoms with Crippen molar-refractivity contribution >= 4 is 5.71 Å². The van der Waals surface area contributed by atoms with E-state index in [0.717, 1.165) is 0 Å². The third-order valence-electron chi connectivity index (χ3n) is 2.05. The zero-order valence-electron chi connectivity index (χ0n) is 9.70. The van der Waals surface area contributed by atoms with E-state index in [-0.39, 0.29) is 5.82 Å². The molecule has 0 aliphatic heterocycles. The lowest BCUT2D eigenvalue weighted by molar-refractivity contribution is 0.269. The van der Waals surface area contributed by atoms with E-state index >= 15 is 0 Å². The maximum Gasteiger partial charge on any atom is 0.128 e. The number of ether oxygens (including phenoxy) is 1. The molecule has 0 aromatic heterocycles. The predicted molar refractivity (Wildman–Crippen MR) is 60.7 cm³/mol. The monoisotopic (exact) mass is 225 g/mol. The molecule has 3 nitrogen and oxygen atoms in total. The van der Waals surface area contributed by atoms with Gasteiger partial charge in [-0.05, 0) is 31.0 Å². The van der Waals surface area contributed by atoms with Gasteiger partial charge >= 0.3 is 0 Å². The second kappa shape index (κ2) is 5.49. The molecule has 1 aromatic rings. The Morgan fingerprint density at radius 2 is 2.19 bits per heavy atom. The molecule has 0 atom stereocenters. The maximum atomic E-state index is 13.1. The van der Waals surface area contributed by atoms with Crippen molar-refractivity contribution in [1.29, 1.82) is 0 Å². The van der Waals surface area contributed by atoms with Gasteiger partial charge in [-0.2, -0.15) is 0 Å². The Hall–Kier alpha value is -1.58. The lowest BCUT2D eigenvalue weighted by Crippen LogP contribution is -2.08. The number of hydrogen-bond donors (Lipinski definition) is 1. The molecule has 1 N–H and O–H groups in total. The molecular weight excluding hydrogens is 209 g/mol. The summed E-state index contributed by atoms with van der Waals surface area (Å²) >= 11 is 0. The van der Waals surface area contributed by atoms with Gasteiger partial charge in [0.15, 0.2) is 0 Å². The zero-order valence-corrected chi connectivity index (χ0v) is 9.70. The van der Waals surface area contributed by atoms with Gasteiger partial charge in [-0.25, -0.2) is 4.39 Å². The molecule has 0 saturated heterocycles. The Labute approximate surface area is 94.5 Å². The summed E-state index contributed by atoms with van der Waals surface area (Å²) < 4.78 is 18.6. The number of halogens is 1. The van der Waals surface area contributed by atoms with E-state index in [2.05, 4.69) is 5.16 Å². The molecule has 4 heteroatoms. The molecule has 0 saturated carbocycles. The van der Waals surface area contributed by atoms with Crippen LogP contribution >= 0.6 is 0 Å². The molecule has 1 rings (SSSR count). The van der Waals surface area contributed by atoms with Gasteiger partial charge < -0.3 is 9.94 Å². The number of oxime groups is 1. The molecule has 0 spiro atoms. The first-order valence-corrected chi connectivity index (χ1v) is 5.16. The van der Waals surface area contributed by atoms with E-state index in [9.17, 15) is 4.39 Å². The van der Waals surface area contributed by atoms with Crippen molar-refractivity contribution in [3.8, 4) is 5.75 Å². The van der Waals surface area contributed by atoms with E-state index < -0.39 is 0 Å². The van der Waals surface area contributed by atoms with Gasteiger partial charge in [-0.1, -0.05) is 19.0 Å². The summed E-state index contributed by atoms with van der Waals surface area (Å²) in [6.45, 7) is 6.18. The average molecular weight is 225 g/mol. The minimum atomic E-state index is -0.380. The number of nitrogens with zero attached hydrogens (tertiary/aromatic N) is 1. The van der Waals surface area contributed by atoms with Crippen molar-refractivity contribution < 1.29 is 14.3 Å². The number of rotatable bonds is 4. The molecule has 0 amide bonds. The van der Waals surface area contributed by atoms with Crippen LogP contribution in [0.1, 0.15) is 26.3 Å². The molecule has 0 radical (unpaired) electrons. The van der Waals surface area contributed by atoms with Gasteiger partial charge in [0, 0.05) is 5.56 Å². The van der Waals surface area contributed by atoms with E-state index in [1.165, 1.54) is 12.1 Å². The van der Waals surface area contributed by atoms with Crippen LogP contribution in [-0.4, -0.2) is 17.5 Å². The van der Waals surface area contributed by atoms with Gasteiger partial charge in [0.1, 0.15) is 11.6 Å². The van der Waals surface area contributed by atoms with E-state index in [1.807, 2.05) is 13.8 Å². The molecule has 0 fully saturated rings. The molecule has 88 valence electrons. The Morgan fingerprint density at radius 1 is 1.50 bits per heavy atom. The molecular formula is C12H16FNO2. The van der Waals surface area contributed by atoms with Crippen LogP contribution in [0, 0.1) is 11.7 Å². The van der Waals surface area contributed by atoms with Crippen molar-refractivity contribution in [3.05, 3.63) is 29.6 Å². The fraction of sp³-hybridized carbons (Fsp3) is 0.417. The second-order valence-electron chi connectivity index (χ2n) is 4.03. The average Bonchev–Trinajstić information content (AvgIpc) is 2.26. The quantitative estimate of drug-likeness (QED) is 0.486. The minimum Gasteiger partial charge on any atom is -0.493 e. The smallest absolute Gasteiger partial charge is 0.128 e. The molecule has 0 heterocycles. The van der Waals surface area contributed by atoms with Crippen LogP contribution in [0.15, 0.2) is 23.4 Å². The number of benzene rings is 1. The Bertz CT molecular complexity index is 389. The normalized spacial score (nSPS) is 11.9. The van der Waals surface area contributed by atoms with E-state index in [0.29, 0.717) is 29.5 Å². The van der Waals surface area contributed by atoms with Crippen LogP contribution in [-0.2, 0) is 0 Å². The Balaban J connectivity index is 2.98. The highest BCUT2D eigenvalue weighted by Crippen LogP contribution is 2.21. The van der Waals surface area contributed by atoms with Crippen LogP contribution < -0.4 is 4.74 Å². The van der Waals surface area contributed by atoms with E-state index in [4.69, 9.17) is 9.94 Å². The third-order valence-corrected chi connectivity index (χ3v) is 2.05. The van der Waals surface area contributed by atoms with Crippen molar-refractivity contribution in [2.45, 2.75) is 20.8 Å². The van der Waals surface area contributed by atoms with Crippen molar-refractivity contribution in [1.82, 2.24) is 0 Å². The van der Waals surface area contributed by atoms with Gasteiger partial charge in [0.2, 0.25) is 0 Å². The summed E-state index contributed by atoms with van der Waals surface area (Å²) in [4.78, 5) is 0. The predicted octanol–water partition coefficient (Wildman–Crippen LogP) is 3.06. The highest BCUT2D eigenvalue weighted by Gasteiger charge is 2.09. The summed E-state index contributed by atoms with van der Waals surface area (Å²) in [6, 6.07) is 4.16. The lowest BCUT2D eigenvalue weighted by Gasteiger charge is -2.12. The summed E-state index contributed by atoms with van der Waals surface area (Å²) in [6.07, 6.45) is 0. The van der Waals surface area contributed by atoms with Gasteiger partial charge in [0.25, 0.3) is 0 Å². The lowest BCUT2D eigenvalue weighted by atomic mass is 10.1. The van der Waals surface area contributed by atoms with Crippen molar-refractivity contribution in [2.75, 3.05) is 6.61 Å². The topological polar surface area (TPSA) is 41.8 Å². The standard InChI is InChI=1S/C12H16FNO2/c1-8(2)7-16-12-5-4-10(13)6-11(12)9(3)14-15/h4-6,8,15H,7H2,1-3H3. The van der Waals surface area contributed by atoms with Crippen LogP contribution in [0.2, 0.25) is 0 Å². The highest BCUT2D eigenvalue weighted by molar-refractivity contribution is 6.00. The highest BCUT2D eigenvalue weighted by atomic mass is 19.1. The van der Waals surface area contributed by atoms with E-state index in [1.54, 1.807) is 13.0 Å². The SMILES string of the molecule is CC(=NO)c1cc(F)ccc1OCC(C)C. The summed E-state index contributed by atoms with van der Waals surface area (Å²) in [5, 5.41) is 11.7.